The number of ether oxygens (including phenoxy) is 2. The second-order valence-corrected chi connectivity index (χ2v) is 7.98. The Balaban J connectivity index is 1.37. The van der Waals surface area contributed by atoms with Gasteiger partial charge in [0.2, 0.25) is 5.91 Å². The van der Waals surface area contributed by atoms with Gasteiger partial charge in [-0.2, -0.15) is 0 Å². The molecule has 0 unspecified atom stereocenters. The third-order valence-corrected chi connectivity index (χ3v) is 6.04. The van der Waals surface area contributed by atoms with Gasteiger partial charge in [-0.3, -0.25) is 9.69 Å². The molecule has 0 aromatic heterocycles. The van der Waals surface area contributed by atoms with E-state index >= 15 is 0 Å². The number of hydrogen-bond acceptors (Lipinski definition) is 4. The number of amides is 1. The summed E-state index contributed by atoms with van der Waals surface area (Å²) in [5.41, 5.74) is 2.34. The fraction of sp³-hybridized carbons (Fsp3) is 0.458. The molecule has 29 heavy (non-hydrogen) atoms. The van der Waals surface area contributed by atoms with Crippen LogP contribution in [0.3, 0.4) is 0 Å². The molecule has 0 aliphatic carbocycles. The van der Waals surface area contributed by atoms with E-state index in [4.69, 9.17) is 9.47 Å². The molecule has 5 heteroatoms. The van der Waals surface area contributed by atoms with Crippen molar-refractivity contribution in [2.45, 2.75) is 37.9 Å². The lowest BCUT2D eigenvalue weighted by Crippen LogP contribution is -2.63. The maximum atomic E-state index is 12.7. The normalized spacial score (nSPS) is 17.9. The highest BCUT2D eigenvalue weighted by atomic mass is 16.5. The van der Waals surface area contributed by atoms with Crippen LogP contribution in [0.4, 0.5) is 0 Å². The number of carbonyl (C=O) groups is 1. The van der Waals surface area contributed by atoms with Crippen LogP contribution in [0.2, 0.25) is 0 Å². The van der Waals surface area contributed by atoms with Gasteiger partial charge in [0.1, 0.15) is 5.75 Å². The zero-order valence-electron chi connectivity index (χ0n) is 17.1. The predicted octanol–water partition coefficient (Wildman–Crippen LogP) is 3.13. The summed E-state index contributed by atoms with van der Waals surface area (Å²) in [6.07, 6.45) is 2.57. The maximum absolute atomic E-state index is 12.7. The number of hydrogen-bond donors (Lipinski definition) is 0. The molecule has 0 bridgehead atoms. The van der Waals surface area contributed by atoms with E-state index in [1.807, 2.05) is 29.2 Å². The molecule has 0 atom stereocenters. The third-order valence-electron chi connectivity index (χ3n) is 6.04. The molecule has 0 N–H and O–H groups in total. The van der Waals surface area contributed by atoms with Crippen molar-refractivity contribution in [3.8, 4) is 5.75 Å². The van der Waals surface area contributed by atoms with Gasteiger partial charge in [0.15, 0.2) is 0 Å². The standard InChI is InChI=1S/C24H30N2O3/c1-28-23-9-5-8-20(14-23)15-24(27)25-17-22(18-25)26(21-10-12-29-13-11-21)16-19-6-3-2-4-7-19/h2-9,14,21-22H,10-13,15-18H2,1H3. The highest BCUT2D eigenvalue weighted by Crippen LogP contribution is 2.26. The number of methoxy groups -OCH3 is 1. The molecule has 2 saturated heterocycles. The van der Waals surface area contributed by atoms with Crippen LogP contribution in [0.1, 0.15) is 24.0 Å². The predicted molar refractivity (Wildman–Crippen MR) is 113 cm³/mol. The van der Waals surface area contributed by atoms with E-state index in [9.17, 15) is 4.79 Å². The lowest BCUT2D eigenvalue weighted by atomic mass is 9.98. The van der Waals surface area contributed by atoms with E-state index in [1.54, 1.807) is 7.11 Å². The molecule has 2 aliphatic rings. The Kier molecular flexibility index (Phi) is 6.47. The second-order valence-electron chi connectivity index (χ2n) is 7.98. The molecule has 2 aliphatic heterocycles. The zero-order chi connectivity index (χ0) is 20.1. The van der Waals surface area contributed by atoms with Crippen LogP contribution in [-0.4, -0.2) is 61.2 Å². The molecule has 0 radical (unpaired) electrons. The summed E-state index contributed by atoms with van der Waals surface area (Å²) in [5.74, 6) is 0.992. The van der Waals surface area contributed by atoms with Crippen molar-refractivity contribution >= 4 is 5.91 Å². The highest BCUT2D eigenvalue weighted by Gasteiger charge is 2.38. The molecule has 5 nitrogen and oxygen atoms in total. The summed E-state index contributed by atoms with van der Waals surface area (Å²) in [6.45, 7) is 4.23. The number of carbonyl (C=O) groups excluding carboxylic acids is 1. The number of likely N-dealkylation sites (tertiary alicyclic amines) is 1. The van der Waals surface area contributed by atoms with Crippen molar-refractivity contribution in [1.82, 2.24) is 9.80 Å². The Morgan fingerprint density at radius 2 is 1.76 bits per heavy atom. The molecule has 0 saturated carbocycles. The highest BCUT2D eigenvalue weighted by molar-refractivity contribution is 5.79. The summed E-state index contributed by atoms with van der Waals surface area (Å²) in [5, 5.41) is 0. The molecule has 2 heterocycles. The third kappa shape index (κ3) is 4.98. The van der Waals surface area contributed by atoms with Crippen molar-refractivity contribution in [2.24, 2.45) is 0 Å². The Morgan fingerprint density at radius 3 is 2.48 bits per heavy atom. The van der Waals surface area contributed by atoms with Crippen LogP contribution in [0.5, 0.6) is 5.75 Å². The minimum atomic E-state index is 0.196. The molecule has 2 aromatic carbocycles. The van der Waals surface area contributed by atoms with Crippen molar-refractivity contribution in [3.05, 3.63) is 65.7 Å². The first-order chi connectivity index (χ1) is 14.2. The van der Waals surface area contributed by atoms with E-state index in [0.29, 0.717) is 18.5 Å². The first-order valence-electron chi connectivity index (χ1n) is 10.5. The fourth-order valence-corrected chi connectivity index (χ4v) is 4.30. The monoisotopic (exact) mass is 394 g/mol. The van der Waals surface area contributed by atoms with Gasteiger partial charge in [-0.05, 0) is 36.1 Å². The van der Waals surface area contributed by atoms with E-state index in [-0.39, 0.29) is 5.91 Å². The van der Waals surface area contributed by atoms with Crippen molar-refractivity contribution in [2.75, 3.05) is 33.4 Å². The lowest BCUT2D eigenvalue weighted by molar-refractivity contribution is -0.139. The number of benzene rings is 2. The van der Waals surface area contributed by atoms with Gasteiger partial charge < -0.3 is 14.4 Å². The van der Waals surface area contributed by atoms with Gasteiger partial charge in [-0.15, -0.1) is 0 Å². The zero-order valence-corrected chi connectivity index (χ0v) is 17.1. The first kappa shape index (κ1) is 19.9. The van der Waals surface area contributed by atoms with Gasteiger partial charge in [0.05, 0.1) is 13.5 Å². The molecule has 2 fully saturated rings. The Morgan fingerprint density at radius 1 is 1.03 bits per heavy atom. The first-order valence-corrected chi connectivity index (χ1v) is 10.5. The van der Waals surface area contributed by atoms with Crippen LogP contribution in [0, 0.1) is 0 Å². The quantitative estimate of drug-likeness (QED) is 0.724. The maximum Gasteiger partial charge on any atom is 0.227 e. The number of rotatable bonds is 7. The molecule has 1 amide bonds. The summed E-state index contributed by atoms with van der Waals surface area (Å²) in [4.78, 5) is 17.3. The molecular weight excluding hydrogens is 364 g/mol. The molecule has 0 spiro atoms. The van der Waals surface area contributed by atoms with Crippen LogP contribution < -0.4 is 4.74 Å². The minimum Gasteiger partial charge on any atom is -0.497 e. The van der Waals surface area contributed by atoms with E-state index in [2.05, 4.69) is 35.2 Å². The largest absolute Gasteiger partial charge is 0.497 e. The molecule has 4 rings (SSSR count). The van der Waals surface area contributed by atoms with Crippen molar-refractivity contribution < 1.29 is 14.3 Å². The summed E-state index contributed by atoms with van der Waals surface area (Å²) < 4.78 is 10.8. The van der Waals surface area contributed by atoms with Gasteiger partial charge in [0.25, 0.3) is 0 Å². The average Bonchev–Trinajstić information content (AvgIpc) is 2.73. The van der Waals surface area contributed by atoms with Crippen molar-refractivity contribution in [1.29, 1.82) is 0 Å². The van der Waals surface area contributed by atoms with Gasteiger partial charge in [-0.25, -0.2) is 0 Å². The van der Waals surface area contributed by atoms with Crippen LogP contribution >= 0.6 is 0 Å². The van der Waals surface area contributed by atoms with Crippen LogP contribution in [0.15, 0.2) is 54.6 Å². The average molecular weight is 395 g/mol. The minimum absolute atomic E-state index is 0.196. The van der Waals surface area contributed by atoms with E-state index in [1.165, 1.54) is 5.56 Å². The van der Waals surface area contributed by atoms with Crippen molar-refractivity contribution in [3.63, 3.8) is 0 Å². The van der Waals surface area contributed by atoms with Crippen LogP contribution in [-0.2, 0) is 22.5 Å². The summed E-state index contributed by atoms with van der Waals surface area (Å²) >= 11 is 0. The van der Waals surface area contributed by atoms with Gasteiger partial charge in [0, 0.05) is 44.9 Å². The fourth-order valence-electron chi connectivity index (χ4n) is 4.30. The Labute approximate surface area is 173 Å². The van der Waals surface area contributed by atoms with Crippen LogP contribution in [0.25, 0.3) is 0 Å². The smallest absolute Gasteiger partial charge is 0.227 e. The molecule has 2 aromatic rings. The molecular formula is C24H30N2O3. The topological polar surface area (TPSA) is 42.0 Å². The van der Waals surface area contributed by atoms with E-state index in [0.717, 1.165) is 57.0 Å². The van der Waals surface area contributed by atoms with Gasteiger partial charge >= 0.3 is 0 Å². The second kappa shape index (κ2) is 9.42. The van der Waals surface area contributed by atoms with E-state index < -0.39 is 0 Å². The molecule has 154 valence electrons. The Bertz CT molecular complexity index is 799. The Hall–Kier alpha value is -2.37. The SMILES string of the molecule is COc1cccc(CC(=O)N2CC(N(Cc3ccccc3)C3CCOCC3)C2)c1. The van der Waals surface area contributed by atoms with Gasteiger partial charge in [-0.1, -0.05) is 42.5 Å². The summed E-state index contributed by atoms with van der Waals surface area (Å²) in [6, 6.07) is 19.4. The summed E-state index contributed by atoms with van der Waals surface area (Å²) in [7, 11) is 1.65. The lowest BCUT2D eigenvalue weighted by Gasteiger charge is -2.49. The number of nitrogens with zero attached hydrogens (tertiary/aromatic N) is 2.